The number of carbonyl (C=O) groups is 1. The van der Waals surface area contributed by atoms with Crippen molar-refractivity contribution in [3.05, 3.63) is 111 Å². The van der Waals surface area contributed by atoms with E-state index in [1.54, 1.807) is 59.1 Å². The average Bonchev–Trinajstić information content (AvgIpc) is 3.33. The molecule has 5 aromatic rings. The Kier molecular flexibility index (Phi) is 7.51. The van der Waals surface area contributed by atoms with Gasteiger partial charge in [-0.15, -0.1) is 0 Å². The summed E-state index contributed by atoms with van der Waals surface area (Å²) in [5, 5.41) is 14.3. The third kappa shape index (κ3) is 5.85. The molecule has 8 heteroatoms. The number of carbonyl (C=O) groups excluding carboxylic acids is 1. The van der Waals surface area contributed by atoms with Crippen molar-refractivity contribution in [2.24, 2.45) is 7.05 Å². The predicted molar refractivity (Wildman–Crippen MR) is 164 cm³/mol. The van der Waals surface area contributed by atoms with Crippen molar-refractivity contribution >= 4 is 22.5 Å². The van der Waals surface area contributed by atoms with Crippen LogP contribution in [0.15, 0.2) is 71.7 Å². The molecule has 0 atom stereocenters. The molecule has 2 heterocycles. The van der Waals surface area contributed by atoms with E-state index in [-0.39, 0.29) is 23.7 Å². The van der Waals surface area contributed by atoms with Crippen LogP contribution >= 0.6 is 0 Å². The summed E-state index contributed by atoms with van der Waals surface area (Å²) in [5.41, 5.74) is 4.54. The molecule has 7 nitrogen and oxygen atoms in total. The van der Waals surface area contributed by atoms with E-state index in [2.05, 4.69) is 10.3 Å². The molecule has 0 radical (unpaired) electrons. The highest BCUT2D eigenvalue weighted by Crippen LogP contribution is 2.41. The molecule has 0 bridgehead atoms. The van der Waals surface area contributed by atoms with Crippen molar-refractivity contribution in [1.82, 2.24) is 9.55 Å². The molecule has 216 valence electrons. The number of H-pyrrole nitrogens is 1. The number of halogens is 1. The van der Waals surface area contributed by atoms with Crippen LogP contribution in [-0.4, -0.2) is 20.6 Å². The van der Waals surface area contributed by atoms with Crippen LogP contribution in [0.3, 0.4) is 0 Å². The number of anilines is 1. The molecule has 0 saturated carbocycles. The Morgan fingerprint density at radius 3 is 2.31 bits per heavy atom. The Morgan fingerprint density at radius 1 is 1.00 bits per heavy atom. The van der Waals surface area contributed by atoms with Gasteiger partial charge < -0.3 is 24.7 Å². The van der Waals surface area contributed by atoms with Gasteiger partial charge in [0, 0.05) is 41.1 Å². The van der Waals surface area contributed by atoms with Crippen molar-refractivity contribution in [3.8, 4) is 22.6 Å². The van der Waals surface area contributed by atoms with Gasteiger partial charge in [0.1, 0.15) is 22.8 Å². The molecule has 0 aliphatic carbocycles. The number of fused-ring (bicyclic) bond motifs is 1. The summed E-state index contributed by atoms with van der Waals surface area (Å²) < 4.78 is 21.9. The van der Waals surface area contributed by atoms with Crippen molar-refractivity contribution in [3.63, 3.8) is 0 Å². The first-order valence-electron chi connectivity index (χ1n) is 13.7. The second-order valence-corrected chi connectivity index (χ2v) is 11.4. The standard InChI is InChI=1S/C34H34FN3O4/c1-19-7-10-24(11-8-19)36-30(39)17-25-16-27-28(18-38(6)33(40)31(27)37-25)26-15-22(34(4,5)41)9-12-29(26)42-32-20(2)13-23(35)14-21(32)3/h7-16,18,37,41H,17H2,1-6H3,(H,36,39). The highest BCUT2D eigenvalue weighted by Gasteiger charge is 2.23. The molecule has 1 amide bonds. The van der Waals surface area contributed by atoms with Gasteiger partial charge in [-0.25, -0.2) is 4.39 Å². The topological polar surface area (TPSA) is 96.3 Å². The summed E-state index contributed by atoms with van der Waals surface area (Å²) in [7, 11) is 1.66. The summed E-state index contributed by atoms with van der Waals surface area (Å²) in [6, 6.07) is 17.5. The van der Waals surface area contributed by atoms with E-state index in [1.807, 2.05) is 37.3 Å². The average molecular weight is 568 g/mol. The van der Waals surface area contributed by atoms with E-state index >= 15 is 0 Å². The molecule has 0 fully saturated rings. The number of ether oxygens (including phenoxy) is 1. The first-order valence-corrected chi connectivity index (χ1v) is 13.7. The van der Waals surface area contributed by atoms with Crippen LogP contribution in [0.4, 0.5) is 10.1 Å². The minimum atomic E-state index is -1.15. The molecule has 2 aromatic heterocycles. The zero-order valence-corrected chi connectivity index (χ0v) is 24.6. The van der Waals surface area contributed by atoms with Gasteiger partial charge in [0.25, 0.3) is 5.56 Å². The van der Waals surface area contributed by atoms with Gasteiger partial charge >= 0.3 is 0 Å². The highest BCUT2D eigenvalue weighted by atomic mass is 19.1. The number of nitrogens with zero attached hydrogens (tertiary/aromatic N) is 1. The minimum Gasteiger partial charge on any atom is -0.456 e. The van der Waals surface area contributed by atoms with Crippen molar-refractivity contribution < 1.29 is 19.0 Å². The predicted octanol–water partition coefficient (Wildman–Crippen LogP) is 6.80. The van der Waals surface area contributed by atoms with Crippen molar-refractivity contribution in [2.45, 2.75) is 46.6 Å². The van der Waals surface area contributed by atoms with E-state index in [4.69, 9.17) is 4.74 Å². The molecular weight excluding hydrogens is 533 g/mol. The number of hydrogen-bond donors (Lipinski definition) is 3. The first kappa shape index (κ1) is 28.8. The molecule has 0 unspecified atom stereocenters. The van der Waals surface area contributed by atoms with Gasteiger partial charge in [-0.3, -0.25) is 9.59 Å². The SMILES string of the molecule is Cc1ccc(NC(=O)Cc2cc3c(-c4cc(C(C)(C)O)ccc4Oc4c(C)cc(F)cc4C)cn(C)c(=O)c3[nH]2)cc1. The molecule has 5 rings (SSSR count). The van der Waals surface area contributed by atoms with Gasteiger partial charge in [0.15, 0.2) is 0 Å². The Labute approximate surface area is 243 Å². The van der Waals surface area contributed by atoms with E-state index in [0.29, 0.717) is 61.6 Å². The van der Waals surface area contributed by atoms with E-state index < -0.39 is 5.60 Å². The molecule has 0 saturated heterocycles. The number of pyridine rings is 1. The fourth-order valence-corrected chi connectivity index (χ4v) is 5.09. The van der Waals surface area contributed by atoms with Gasteiger partial charge in [-0.2, -0.15) is 0 Å². The normalized spacial score (nSPS) is 11.6. The Bertz CT molecular complexity index is 1860. The van der Waals surface area contributed by atoms with Crippen LogP contribution in [0, 0.1) is 26.6 Å². The number of aliphatic hydroxyl groups is 1. The first-order chi connectivity index (χ1) is 19.8. The number of aryl methyl sites for hydroxylation is 4. The third-order valence-corrected chi connectivity index (χ3v) is 7.32. The molecule has 3 aromatic carbocycles. The lowest BCUT2D eigenvalue weighted by molar-refractivity contribution is -0.115. The molecule has 0 spiro atoms. The smallest absolute Gasteiger partial charge is 0.274 e. The minimum absolute atomic E-state index is 0.0339. The second-order valence-electron chi connectivity index (χ2n) is 11.4. The zero-order chi connectivity index (χ0) is 30.3. The maximum absolute atomic E-state index is 14.0. The van der Waals surface area contributed by atoms with Crippen molar-refractivity contribution in [1.29, 1.82) is 0 Å². The Hall–Kier alpha value is -4.69. The molecule has 0 aliphatic rings. The quantitative estimate of drug-likeness (QED) is 0.202. The number of aromatic amines is 1. The number of amides is 1. The van der Waals surface area contributed by atoms with Crippen LogP contribution in [0.5, 0.6) is 11.5 Å². The Balaban J connectivity index is 1.62. The van der Waals surface area contributed by atoms with Crippen LogP contribution in [0.2, 0.25) is 0 Å². The molecule has 42 heavy (non-hydrogen) atoms. The summed E-state index contributed by atoms with van der Waals surface area (Å²) in [6.07, 6.45) is 1.75. The van der Waals surface area contributed by atoms with E-state index in [0.717, 1.165) is 5.56 Å². The van der Waals surface area contributed by atoms with Gasteiger partial charge in [-0.05, 0) is 93.8 Å². The van der Waals surface area contributed by atoms with Gasteiger partial charge in [-0.1, -0.05) is 23.8 Å². The van der Waals surface area contributed by atoms with Crippen molar-refractivity contribution in [2.75, 3.05) is 5.32 Å². The fourth-order valence-electron chi connectivity index (χ4n) is 5.09. The largest absolute Gasteiger partial charge is 0.456 e. The van der Waals surface area contributed by atoms with Crippen LogP contribution in [-0.2, 0) is 23.9 Å². The highest BCUT2D eigenvalue weighted by molar-refractivity contribution is 5.98. The summed E-state index contributed by atoms with van der Waals surface area (Å²) >= 11 is 0. The number of nitrogens with one attached hydrogen (secondary N) is 2. The van der Waals surface area contributed by atoms with E-state index in [9.17, 15) is 19.1 Å². The van der Waals surface area contributed by atoms with Crippen LogP contribution in [0.1, 0.15) is 41.8 Å². The third-order valence-electron chi connectivity index (χ3n) is 7.32. The van der Waals surface area contributed by atoms with Crippen LogP contribution < -0.4 is 15.6 Å². The maximum atomic E-state index is 14.0. The maximum Gasteiger partial charge on any atom is 0.274 e. The number of aromatic nitrogens is 2. The lowest BCUT2D eigenvalue weighted by Gasteiger charge is -2.22. The fraction of sp³-hybridized carbons (Fsp3) is 0.235. The number of hydrogen-bond acceptors (Lipinski definition) is 4. The van der Waals surface area contributed by atoms with Crippen LogP contribution in [0.25, 0.3) is 22.0 Å². The molecular formula is C34H34FN3O4. The lowest BCUT2D eigenvalue weighted by Crippen LogP contribution is -2.18. The molecule has 3 N–H and O–H groups in total. The lowest BCUT2D eigenvalue weighted by atomic mass is 9.93. The van der Waals surface area contributed by atoms with E-state index in [1.165, 1.54) is 16.7 Å². The van der Waals surface area contributed by atoms with Gasteiger partial charge in [0.05, 0.1) is 12.0 Å². The second kappa shape index (κ2) is 10.9. The summed E-state index contributed by atoms with van der Waals surface area (Å²) in [5.74, 6) is 0.429. The number of rotatable bonds is 7. The van der Waals surface area contributed by atoms with Gasteiger partial charge in [0.2, 0.25) is 5.91 Å². The monoisotopic (exact) mass is 567 g/mol. The number of benzene rings is 3. The zero-order valence-electron chi connectivity index (χ0n) is 24.6. The summed E-state index contributed by atoms with van der Waals surface area (Å²) in [6.45, 7) is 8.92. The Morgan fingerprint density at radius 2 is 1.67 bits per heavy atom. The summed E-state index contributed by atoms with van der Waals surface area (Å²) in [4.78, 5) is 29.2. The molecule has 0 aliphatic heterocycles.